The van der Waals surface area contributed by atoms with Crippen molar-refractivity contribution in [3.63, 3.8) is 0 Å². The summed E-state index contributed by atoms with van der Waals surface area (Å²) in [6, 6.07) is 6.06. The van der Waals surface area contributed by atoms with Crippen LogP contribution in [-0.4, -0.2) is 16.3 Å². The SMILES string of the molecule is CC1(C)CC(C(O)c2cc(I)ccc2Br)C(C)(C)O1. The molecule has 1 heterocycles. The van der Waals surface area contributed by atoms with E-state index in [9.17, 15) is 5.11 Å². The van der Waals surface area contributed by atoms with Crippen LogP contribution in [-0.2, 0) is 4.74 Å². The highest BCUT2D eigenvalue weighted by atomic mass is 127. The zero-order valence-corrected chi connectivity index (χ0v) is 15.4. The Morgan fingerprint density at radius 2 is 2.00 bits per heavy atom. The molecular formula is C15H20BrIO2. The first-order chi connectivity index (χ1) is 8.62. The van der Waals surface area contributed by atoms with Gasteiger partial charge in [0, 0.05) is 14.0 Å². The molecule has 1 N–H and O–H groups in total. The molecule has 0 radical (unpaired) electrons. The number of aliphatic hydroxyl groups is 1. The predicted molar refractivity (Wildman–Crippen MR) is 89.2 cm³/mol. The average molecular weight is 439 g/mol. The van der Waals surface area contributed by atoms with Crippen LogP contribution in [0.15, 0.2) is 22.7 Å². The Labute approximate surface area is 137 Å². The second-order valence-electron chi connectivity index (χ2n) is 6.39. The smallest absolute Gasteiger partial charge is 0.0857 e. The van der Waals surface area contributed by atoms with E-state index in [1.54, 1.807) is 0 Å². The van der Waals surface area contributed by atoms with Gasteiger partial charge in [0.2, 0.25) is 0 Å². The molecule has 0 bridgehead atoms. The summed E-state index contributed by atoms with van der Waals surface area (Å²) < 4.78 is 8.17. The third-order valence-electron chi connectivity index (χ3n) is 3.80. The van der Waals surface area contributed by atoms with Crippen LogP contribution < -0.4 is 0 Å². The molecule has 1 aromatic rings. The van der Waals surface area contributed by atoms with E-state index in [4.69, 9.17) is 4.74 Å². The van der Waals surface area contributed by atoms with Crippen LogP contribution in [0.5, 0.6) is 0 Å². The molecule has 0 spiro atoms. The van der Waals surface area contributed by atoms with Gasteiger partial charge in [0.25, 0.3) is 0 Å². The fourth-order valence-electron chi connectivity index (χ4n) is 3.05. The fraction of sp³-hybridized carbons (Fsp3) is 0.600. The summed E-state index contributed by atoms with van der Waals surface area (Å²) >= 11 is 5.81. The Morgan fingerprint density at radius 1 is 1.37 bits per heavy atom. The third kappa shape index (κ3) is 3.34. The van der Waals surface area contributed by atoms with Crippen molar-refractivity contribution in [2.24, 2.45) is 5.92 Å². The molecule has 1 fully saturated rings. The molecule has 2 atom stereocenters. The van der Waals surface area contributed by atoms with Gasteiger partial charge in [-0.15, -0.1) is 0 Å². The summed E-state index contributed by atoms with van der Waals surface area (Å²) in [5.74, 6) is 0.0944. The lowest BCUT2D eigenvalue weighted by Crippen LogP contribution is -2.32. The van der Waals surface area contributed by atoms with E-state index in [1.165, 1.54) is 0 Å². The average Bonchev–Trinajstić information content (AvgIpc) is 2.49. The molecule has 2 rings (SSSR count). The van der Waals surface area contributed by atoms with Gasteiger partial charge in [-0.1, -0.05) is 15.9 Å². The highest BCUT2D eigenvalue weighted by Crippen LogP contribution is 2.48. The Hall–Kier alpha value is 0.350. The number of aliphatic hydroxyl groups excluding tert-OH is 1. The number of ether oxygens (including phenoxy) is 1. The van der Waals surface area contributed by atoms with Crippen LogP contribution in [0.2, 0.25) is 0 Å². The lowest BCUT2D eigenvalue weighted by Gasteiger charge is -2.31. The van der Waals surface area contributed by atoms with E-state index in [1.807, 2.05) is 18.2 Å². The monoisotopic (exact) mass is 438 g/mol. The van der Waals surface area contributed by atoms with Crippen molar-refractivity contribution in [3.8, 4) is 0 Å². The zero-order valence-electron chi connectivity index (χ0n) is 11.7. The van der Waals surface area contributed by atoms with Gasteiger partial charge in [-0.3, -0.25) is 0 Å². The van der Waals surface area contributed by atoms with Crippen molar-refractivity contribution < 1.29 is 9.84 Å². The van der Waals surface area contributed by atoms with Gasteiger partial charge >= 0.3 is 0 Å². The van der Waals surface area contributed by atoms with Gasteiger partial charge in [-0.25, -0.2) is 0 Å². The van der Waals surface area contributed by atoms with Crippen molar-refractivity contribution in [2.45, 2.75) is 51.4 Å². The first kappa shape index (κ1) is 15.7. The van der Waals surface area contributed by atoms with Crippen molar-refractivity contribution in [2.75, 3.05) is 0 Å². The minimum atomic E-state index is -0.513. The first-order valence-electron chi connectivity index (χ1n) is 6.45. The third-order valence-corrected chi connectivity index (χ3v) is 5.19. The van der Waals surface area contributed by atoms with Gasteiger partial charge in [-0.2, -0.15) is 0 Å². The van der Waals surface area contributed by atoms with Crippen LogP contribution in [0.25, 0.3) is 0 Å². The largest absolute Gasteiger partial charge is 0.388 e. The van der Waals surface area contributed by atoms with Gasteiger partial charge in [0.1, 0.15) is 0 Å². The molecule has 1 saturated heterocycles. The van der Waals surface area contributed by atoms with Crippen molar-refractivity contribution in [1.82, 2.24) is 0 Å². The Balaban J connectivity index is 2.34. The molecule has 0 amide bonds. The fourth-order valence-corrected chi connectivity index (χ4v) is 4.05. The summed E-state index contributed by atoms with van der Waals surface area (Å²) in [5.41, 5.74) is 0.457. The molecule has 0 saturated carbocycles. The summed E-state index contributed by atoms with van der Waals surface area (Å²) in [7, 11) is 0. The van der Waals surface area contributed by atoms with Crippen LogP contribution in [0.1, 0.15) is 45.8 Å². The second-order valence-corrected chi connectivity index (χ2v) is 8.49. The molecule has 1 aromatic carbocycles. The number of halogens is 2. The molecule has 2 nitrogen and oxygen atoms in total. The van der Waals surface area contributed by atoms with Gasteiger partial charge in [0.05, 0.1) is 17.3 Å². The molecule has 0 aromatic heterocycles. The van der Waals surface area contributed by atoms with E-state index >= 15 is 0 Å². The molecule has 19 heavy (non-hydrogen) atoms. The lowest BCUT2D eigenvalue weighted by atomic mass is 9.80. The van der Waals surface area contributed by atoms with Gasteiger partial charge in [-0.05, 0) is 80.5 Å². The van der Waals surface area contributed by atoms with Crippen LogP contribution in [0, 0.1) is 9.49 Å². The maximum absolute atomic E-state index is 10.8. The number of hydrogen-bond donors (Lipinski definition) is 1. The molecule has 1 aliphatic rings. The van der Waals surface area contributed by atoms with E-state index in [0.29, 0.717) is 0 Å². The summed E-state index contributed by atoms with van der Waals surface area (Å²) in [6.07, 6.45) is 0.347. The first-order valence-corrected chi connectivity index (χ1v) is 8.33. The van der Waals surface area contributed by atoms with Crippen molar-refractivity contribution in [1.29, 1.82) is 0 Å². The Morgan fingerprint density at radius 3 is 2.53 bits per heavy atom. The minimum absolute atomic E-state index is 0.0944. The molecular weight excluding hydrogens is 419 g/mol. The highest BCUT2D eigenvalue weighted by molar-refractivity contribution is 14.1. The van der Waals surface area contributed by atoms with Gasteiger partial charge < -0.3 is 9.84 Å². The lowest BCUT2D eigenvalue weighted by molar-refractivity contribution is -0.0881. The van der Waals surface area contributed by atoms with Crippen LogP contribution in [0.3, 0.4) is 0 Å². The standard InChI is InChI=1S/C15H20BrIO2/c1-14(2)8-11(15(3,4)19-14)13(18)10-7-9(17)5-6-12(10)16/h5-7,11,13,18H,8H2,1-4H3. The van der Waals surface area contributed by atoms with E-state index in [2.05, 4.69) is 66.2 Å². The molecule has 0 aliphatic carbocycles. The van der Waals surface area contributed by atoms with E-state index in [0.717, 1.165) is 20.0 Å². The Kier molecular flexibility index (Phi) is 4.37. The van der Waals surface area contributed by atoms with E-state index in [-0.39, 0.29) is 17.1 Å². The quantitative estimate of drug-likeness (QED) is 0.679. The Bertz CT molecular complexity index is 485. The maximum Gasteiger partial charge on any atom is 0.0857 e. The molecule has 106 valence electrons. The number of benzene rings is 1. The highest BCUT2D eigenvalue weighted by Gasteiger charge is 2.49. The number of rotatable bonds is 2. The summed E-state index contributed by atoms with van der Waals surface area (Å²) in [5, 5.41) is 10.8. The van der Waals surface area contributed by atoms with Crippen molar-refractivity contribution in [3.05, 3.63) is 31.8 Å². The summed E-state index contributed by atoms with van der Waals surface area (Å²) in [6.45, 7) is 8.31. The number of hydrogen-bond acceptors (Lipinski definition) is 2. The molecule has 1 aliphatic heterocycles. The molecule has 4 heteroatoms. The maximum atomic E-state index is 10.8. The van der Waals surface area contributed by atoms with Crippen molar-refractivity contribution >= 4 is 38.5 Å². The zero-order chi connectivity index (χ0) is 14.4. The minimum Gasteiger partial charge on any atom is -0.388 e. The van der Waals surface area contributed by atoms with Crippen LogP contribution >= 0.6 is 38.5 Å². The topological polar surface area (TPSA) is 29.5 Å². The second kappa shape index (κ2) is 5.28. The van der Waals surface area contributed by atoms with E-state index < -0.39 is 6.10 Å². The normalized spacial score (nSPS) is 26.4. The molecule has 2 unspecified atom stereocenters. The summed E-state index contributed by atoms with van der Waals surface area (Å²) in [4.78, 5) is 0. The predicted octanol–water partition coefficient (Wildman–Crippen LogP) is 4.68. The van der Waals surface area contributed by atoms with Crippen LogP contribution in [0.4, 0.5) is 0 Å². The van der Waals surface area contributed by atoms with Gasteiger partial charge in [0.15, 0.2) is 0 Å².